The molecule has 104 valence electrons. The maximum absolute atomic E-state index is 6.42. The van der Waals surface area contributed by atoms with Crippen LogP contribution in [-0.2, 0) is 0 Å². The highest BCUT2D eigenvalue weighted by atomic mass is 14.3. The number of hydrogen-bond donors (Lipinski definition) is 0. The molecule has 0 N–H and O–H groups in total. The van der Waals surface area contributed by atoms with Gasteiger partial charge in [-0.1, -0.05) is 84.4 Å². The minimum absolute atomic E-state index is 0.0804. The van der Waals surface area contributed by atoms with Crippen LogP contribution in [0.1, 0.15) is 91.9 Å². The van der Waals surface area contributed by atoms with Gasteiger partial charge in [0, 0.05) is 0 Å². The highest BCUT2D eigenvalue weighted by Gasteiger charge is 2.28. The van der Waals surface area contributed by atoms with E-state index in [0.29, 0.717) is 5.41 Å². The van der Waals surface area contributed by atoms with Crippen molar-refractivity contribution in [2.75, 3.05) is 0 Å². The summed E-state index contributed by atoms with van der Waals surface area (Å²) in [6.07, 6.45) is 13.5. The Bertz CT molecular complexity index is 232. The lowest BCUT2D eigenvalue weighted by Crippen LogP contribution is -2.24. The van der Waals surface area contributed by atoms with Crippen molar-refractivity contribution >= 4 is 7.85 Å². The standard InChI is InChI=1S/C17H33B/c1-15(2)16(3)11-8-6-5-7-9-13-17(4,18)14-10-12-16/h15H,5-14H2,1-4H3. The molecule has 1 fully saturated rings. The second kappa shape index (κ2) is 7.01. The number of rotatable bonds is 1. The quantitative estimate of drug-likeness (QED) is 0.506. The third kappa shape index (κ3) is 5.37. The van der Waals surface area contributed by atoms with E-state index in [0.717, 1.165) is 5.92 Å². The van der Waals surface area contributed by atoms with Gasteiger partial charge in [-0.25, -0.2) is 0 Å². The van der Waals surface area contributed by atoms with Crippen molar-refractivity contribution in [3.8, 4) is 0 Å². The molecule has 2 unspecified atom stereocenters. The van der Waals surface area contributed by atoms with Gasteiger partial charge in [-0.15, -0.1) is 0 Å². The molecule has 2 atom stereocenters. The van der Waals surface area contributed by atoms with Crippen molar-refractivity contribution in [3.63, 3.8) is 0 Å². The minimum Gasteiger partial charge on any atom is -0.0688 e. The first kappa shape index (κ1) is 16.1. The van der Waals surface area contributed by atoms with Crippen LogP contribution in [0.5, 0.6) is 0 Å². The molecule has 1 heteroatoms. The third-order valence-electron chi connectivity index (χ3n) is 5.39. The summed E-state index contributed by atoms with van der Waals surface area (Å²) in [5.41, 5.74) is 0.537. The second-order valence-electron chi connectivity index (χ2n) is 7.58. The molecule has 0 bridgehead atoms. The Morgan fingerprint density at radius 1 is 0.722 bits per heavy atom. The van der Waals surface area contributed by atoms with Gasteiger partial charge < -0.3 is 0 Å². The normalized spacial score (nSPS) is 36.9. The van der Waals surface area contributed by atoms with E-state index in [1.165, 1.54) is 64.2 Å². The molecular formula is C17H33B. The smallest absolute Gasteiger partial charge is 0.0688 e. The molecule has 0 nitrogen and oxygen atoms in total. The van der Waals surface area contributed by atoms with E-state index in [1.807, 2.05) is 0 Å². The molecule has 0 aromatic rings. The predicted octanol–water partition coefficient (Wildman–Crippen LogP) is 5.91. The average Bonchev–Trinajstić information content (AvgIpc) is 2.25. The van der Waals surface area contributed by atoms with Crippen LogP contribution in [0.25, 0.3) is 0 Å². The maximum Gasteiger partial charge on any atom is 0.0742 e. The second-order valence-corrected chi connectivity index (χ2v) is 7.58. The lowest BCUT2D eigenvalue weighted by atomic mass is 9.62. The van der Waals surface area contributed by atoms with E-state index in [1.54, 1.807) is 0 Å². The topological polar surface area (TPSA) is 0 Å². The van der Waals surface area contributed by atoms with Crippen LogP contribution in [0, 0.1) is 11.3 Å². The van der Waals surface area contributed by atoms with Gasteiger partial charge in [-0.05, 0) is 24.2 Å². The summed E-state index contributed by atoms with van der Waals surface area (Å²) in [6, 6.07) is 0. The largest absolute Gasteiger partial charge is 0.0742 e. The molecule has 1 rings (SSSR count). The highest BCUT2D eigenvalue weighted by molar-refractivity contribution is 6.14. The molecule has 1 saturated carbocycles. The van der Waals surface area contributed by atoms with Crippen LogP contribution in [-0.4, -0.2) is 7.85 Å². The molecule has 18 heavy (non-hydrogen) atoms. The molecule has 0 aromatic heterocycles. The summed E-state index contributed by atoms with van der Waals surface area (Å²) < 4.78 is 0. The Labute approximate surface area is 117 Å². The molecule has 0 aromatic carbocycles. The molecular weight excluding hydrogens is 215 g/mol. The summed E-state index contributed by atoms with van der Waals surface area (Å²) in [6.45, 7) is 9.55. The predicted molar refractivity (Wildman–Crippen MR) is 83.2 cm³/mol. The van der Waals surface area contributed by atoms with Crippen molar-refractivity contribution in [3.05, 3.63) is 0 Å². The monoisotopic (exact) mass is 248 g/mol. The fraction of sp³-hybridized carbons (Fsp3) is 1.00. The Balaban J connectivity index is 2.58. The zero-order valence-corrected chi connectivity index (χ0v) is 13.2. The van der Waals surface area contributed by atoms with Gasteiger partial charge in [-0.2, -0.15) is 0 Å². The van der Waals surface area contributed by atoms with E-state index in [2.05, 4.69) is 27.7 Å². The molecule has 0 saturated heterocycles. The first-order chi connectivity index (χ1) is 8.36. The van der Waals surface area contributed by atoms with Gasteiger partial charge >= 0.3 is 0 Å². The SMILES string of the molecule is [B]C1(C)CCCCCCCC(C)(C(C)C)CCC1. The molecule has 0 aliphatic heterocycles. The molecule has 0 heterocycles. The molecule has 0 amide bonds. The van der Waals surface area contributed by atoms with Gasteiger partial charge in [-0.3, -0.25) is 0 Å². The summed E-state index contributed by atoms with van der Waals surface area (Å²) in [5.74, 6) is 0.796. The Hall–Kier alpha value is 0.0649. The van der Waals surface area contributed by atoms with Gasteiger partial charge in [0.05, 0.1) is 7.85 Å². The summed E-state index contributed by atoms with van der Waals surface area (Å²) in [7, 11) is 6.42. The lowest BCUT2D eigenvalue weighted by molar-refractivity contribution is 0.165. The average molecular weight is 248 g/mol. The van der Waals surface area contributed by atoms with E-state index in [-0.39, 0.29) is 5.31 Å². The Kier molecular flexibility index (Phi) is 6.28. The number of hydrogen-bond acceptors (Lipinski definition) is 0. The Morgan fingerprint density at radius 2 is 1.17 bits per heavy atom. The van der Waals surface area contributed by atoms with Gasteiger partial charge in [0.15, 0.2) is 0 Å². The van der Waals surface area contributed by atoms with Crippen LogP contribution >= 0.6 is 0 Å². The summed E-state index contributed by atoms with van der Waals surface area (Å²) >= 11 is 0. The van der Waals surface area contributed by atoms with Crippen LogP contribution in [0.2, 0.25) is 5.31 Å². The van der Waals surface area contributed by atoms with Crippen molar-refractivity contribution in [2.45, 2.75) is 97.2 Å². The van der Waals surface area contributed by atoms with E-state index in [4.69, 9.17) is 7.85 Å². The Morgan fingerprint density at radius 3 is 1.78 bits per heavy atom. The van der Waals surface area contributed by atoms with E-state index >= 15 is 0 Å². The fourth-order valence-corrected chi connectivity index (χ4v) is 3.31. The van der Waals surface area contributed by atoms with Gasteiger partial charge in [0.25, 0.3) is 0 Å². The summed E-state index contributed by atoms with van der Waals surface area (Å²) in [5, 5.41) is 0.0804. The van der Waals surface area contributed by atoms with Crippen molar-refractivity contribution in [2.24, 2.45) is 11.3 Å². The van der Waals surface area contributed by atoms with E-state index < -0.39 is 0 Å². The third-order valence-corrected chi connectivity index (χ3v) is 5.39. The van der Waals surface area contributed by atoms with Gasteiger partial charge in [0.2, 0.25) is 0 Å². The first-order valence-corrected chi connectivity index (χ1v) is 8.15. The van der Waals surface area contributed by atoms with Crippen molar-refractivity contribution < 1.29 is 0 Å². The van der Waals surface area contributed by atoms with E-state index in [9.17, 15) is 0 Å². The zero-order chi connectivity index (χ0) is 13.6. The maximum atomic E-state index is 6.42. The minimum atomic E-state index is 0.0804. The highest BCUT2D eigenvalue weighted by Crippen LogP contribution is 2.42. The van der Waals surface area contributed by atoms with Crippen LogP contribution < -0.4 is 0 Å². The molecule has 0 spiro atoms. The van der Waals surface area contributed by atoms with Crippen molar-refractivity contribution in [1.29, 1.82) is 0 Å². The zero-order valence-electron chi connectivity index (χ0n) is 13.2. The fourth-order valence-electron chi connectivity index (χ4n) is 3.31. The van der Waals surface area contributed by atoms with Crippen molar-refractivity contribution in [1.82, 2.24) is 0 Å². The first-order valence-electron chi connectivity index (χ1n) is 8.15. The van der Waals surface area contributed by atoms with Crippen LogP contribution in [0.4, 0.5) is 0 Å². The summed E-state index contributed by atoms with van der Waals surface area (Å²) in [4.78, 5) is 0. The molecule has 1 aliphatic carbocycles. The lowest BCUT2D eigenvalue weighted by Gasteiger charge is -2.36. The van der Waals surface area contributed by atoms with Crippen LogP contribution in [0.3, 0.4) is 0 Å². The molecule has 2 radical (unpaired) electrons. The molecule has 1 aliphatic rings. The van der Waals surface area contributed by atoms with Crippen LogP contribution in [0.15, 0.2) is 0 Å². The van der Waals surface area contributed by atoms with Gasteiger partial charge in [0.1, 0.15) is 0 Å².